The number of nitrogens with two attached hydrogens (primary N) is 1. The molecule has 0 bridgehead atoms. The Kier molecular flexibility index (Phi) is 12.8. The first kappa shape index (κ1) is 16.3. The van der Waals surface area contributed by atoms with Crippen LogP contribution in [0.2, 0.25) is 0 Å². The van der Waals surface area contributed by atoms with Crippen molar-refractivity contribution in [3.8, 4) is 0 Å². The second kappa shape index (κ2) is 13.4. The summed E-state index contributed by atoms with van der Waals surface area (Å²) in [6.07, 6.45) is 0.395. The van der Waals surface area contributed by atoms with Crippen LogP contribution in [0, 0.1) is 0 Å². The molecule has 2 N–H and O–H groups in total. The number of ether oxygens (including phenoxy) is 4. The number of esters is 1. The molecule has 0 atom stereocenters. The molecule has 0 fully saturated rings. The van der Waals surface area contributed by atoms with Crippen LogP contribution in [0.4, 0.5) is 0 Å². The van der Waals surface area contributed by atoms with Crippen molar-refractivity contribution in [1.29, 1.82) is 0 Å². The lowest BCUT2D eigenvalue weighted by molar-refractivity contribution is -0.144. The lowest BCUT2D eigenvalue weighted by Gasteiger charge is -2.06. The summed E-state index contributed by atoms with van der Waals surface area (Å²) in [7, 11) is 0. The van der Waals surface area contributed by atoms with E-state index in [9.17, 15) is 4.79 Å². The van der Waals surface area contributed by atoms with Crippen molar-refractivity contribution in [3.63, 3.8) is 0 Å². The van der Waals surface area contributed by atoms with Gasteiger partial charge >= 0.3 is 5.97 Å². The molecule has 0 aromatic heterocycles. The Morgan fingerprint density at radius 1 is 0.882 bits per heavy atom. The van der Waals surface area contributed by atoms with Gasteiger partial charge in [-0.15, -0.1) is 0 Å². The van der Waals surface area contributed by atoms with Gasteiger partial charge in [-0.05, 0) is 0 Å². The summed E-state index contributed by atoms with van der Waals surface area (Å²) >= 11 is 0. The predicted molar refractivity (Wildman–Crippen MR) is 62.8 cm³/mol. The molecule has 0 unspecified atom stereocenters. The number of carbonyl (C=O) groups excluding carboxylic acids is 1. The van der Waals surface area contributed by atoms with E-state index in [4.69, 9.17) is 24.7 Å². The summed E-state index contributed by atoms with van der Waals surface area (Å²) in [6.45, 7) is 5.62. The van der Waals surface area contributed by atoms with E-state index in [0.29, 0.717) is 59.2 Å². The molecule has 0 saturated heterocycles. The van der Waals surface area contributed by atoms with Crippen LogP contribution in [0.3, 0.4) is 0 Å². The summed E-state index contributed by atoms with van der Waals surface area (Å²) in [5.41, 5.74) is 5.25. The van der Waals surface area contributed by atoms with Gasteiger partial charge in [0.15, 0.2) is 0 Å². The van der Waals surface area contributed by atoms with Crippen LogP contribution in [0.25, 0.3) is 0 Å². The molecule has 0 rings (SSSR count). The van der Waals surface area contributed by atoms with Crippen LogP contribution in [-0.4, -0.2) is 58.8 Å². The van der Waals surface area contributed by atoms with E-state index in [0.717, 1.165) is 0 Å². The second-order valence-corrected chi connectivity index (χ2v) is 3.20. The van der Waals surface area contributed by atoms with Crippen LogP contribution in [0.1, 0.15) is 13.3 Å². The van der Waals surface area contributed by atoms with Crippen molar-refractivity contribution in [1.82, 2.24) is 0 Å². The molecular formula is C11H23NO5. The third kappa shape index (κ3) is 13.2. The van der Waals surface area contributed by atoms with Crippen LogP contribution in [-0.2, 0) is 23.7 Å². The third-order valence-electron chi connectivity index (χ3n) is 1.79. The van der Waals surface area contributed by atoms with E-state index in [1.54, 1.807) is 6.92 Å². The van der Waals surface area contributed by atoms with Crippen LogP contribution in [0.15, 0.2) is 0 Å². The van der Waals surface area contributed by atoms with Crippen LogP contribution >= 0.6 is 0 Å². The monoisotopic (exact) mass is 249 g/mol. The minimum absolute atomic E-state index is 0.207. The first-order chi connectivity index (χ1) is 8.31. The summed E-state index contributed by atoms with van der Waals surface area (Å²) in [4.78, 5) is 10.7. The summed E-state index contributed by atoms with van der Waals surface area (Å²) in [5, 5.41) is 0. The lowest BCUT2D eigenvalue weighted by Crippen LogP contribution is -2.15. The highest BCUT2D eigenvalue weighted by Crippen LogP contribution is 1.85. The quantitative estimate of drug-likeness (QED) is 0.386. The molecule has 6 nitrogen and oxygen atoms in total. The highest BCUT2D eigenvalue weighted by Gasteiger charge is 1.97. The van der Waals surface area contributed by atoms with Crippen molar-refractivity contribution in [3.05, 3.63) is 0 Å². The van der Waals surface area contributed by atoms with Crippen molar-refractivity contribution in [2.75, 3.05) is 52.8 Å². The smallest absolute Gasteiger partial charge is 0.305 e. The van der Waals surface area contributed by atoms with Crippen molar-refractivity contribution in [2.45, 2.75) is 13.3 Å². The first-order valence-electron chi connectivity index (χ1n) is 5.90. The molecular weight excluding hydrogens is 226 g/mol. The predicted octanol–water partition coefficient (Wildman–Crippen LogP) is -0.0519. The first-order valence-corrected chi connectivity index (χ1v) is 5.90. The Morgan fingerprint density at radius 2 is 1.35 bits per heavy atom. The number of carbonyl (C=O) groups is 1. The fourth-order valence-corrected chi connectivity index (χ4v) is 0.942. The number of hydrogen-bond donors (Lipinski definition) is 1. The van der Waals surface area contributed by atoms with Crippen molar-refractivity contribution >= 4 is 5.97 Å². The Labute approximate surface area is 102 Å². The SMILES string of the molecule is CCC(=O)OCCOCCOCCOCCN. The molecule has 0 aromatic rings. The Bertz CT molecular complexity index is 177. The number of hydrogen-bond acceptors (Lipinski definition) is 6. The topological polar surface area (TPSA) is 80.0 Å². The maximum Gasteiger partial charge on any atom is 0.305 e. The molecule has 0 aliphatic heterocycles. The summed E-state index contributed by atoms with van der Waals surface area (Å²) in [5.74, 6) is -0.207. The van der Waals surface area contributed by atoms with Gasteiger partial charge in [0.1, 0.15) is 6.61 Å². The number of rotatable bonds is 12. The van der Waals surface area contributed by atoms with E-state index in [-0.39, 0.29) is 5.97 Å². The molecule has 0 heterocycles. The van der Waals surface area contributed by atoms with E-state index in [2.05, 4.69) is 0 Å². The van der Waals surface area contributed by atoms with Gasteiger partial charge in [-0.1, -0.05) is 6.92 Å². The largest absolute Gasteiger partial charge is 0.463 e. The molecule has 0 aromatic carbocycles. The van der Waals surface area contributed by atoms with Gasteiger partial charge in [0.25, 0.3) is 0 Å². The lowest BCUT2D eigenvalue weighted by atomic mass is 10.5. The summed E-state index contributed by atoms with van der Waals surface area (Å²) < 4.78 is 20.4. The fraction of sp³-hybridized carbons (Fsp3) is 0.909. The maximum atomic E-state index is 10.7. The molecule has 0 aliphatic rings. The molecule has 0 saturated carbocycles. The molecule has 102 valence electrons. The minimum atomic E-state index is -0.207. The molecule has 0 amide bonds. The van der Waals surface area contributed by atoms with Gasteiger partial charge in [-0.25, -0.2) is 0 Å². The average Bonchev–Trinajstić information content (AvgIpc) is 2.35. The van der Waals surface area contributed by atoms with Gasteiger partial charge in [-0.2, -0.15) is 0 Å². The second-order valence-electron chi connectivity index (χ2n) is 3.20. The van der Waals surface area contributed by atoms with Gasteiger partial charge in [0.2, 0.25) is 0 Å². The molecule has 6 heteroatoms. The zero-order valence-electron chi connectivity index (χ0n) is 10.5. The zero-order chi connectivity index (χ0) is 12.8. The fourth-order valence-electron chi connectivity index (χ4n) is 0.942. The van der Waals surface area contributed by atoms with Gasteiger partial charge in [-0.3, -0.25) is 4.79 Å². The van der Waals surface area contributed by atoms with Crippen LogP contribution < -0.4 is 5.73 Å². The summed E-state index contributed by atoms with van der Waals surface area (Å²) in [6, 6.07) is 0. The van der Waals surface area contributed by atoms with Crippen molar-refractivity contribution in [2.24, 2.45) is 5.73 Å². The van der Waals surface area contributed by atoms with E-state index in [1.807, 2.05) is 0 Å². The van der Waals surface area contributed by atoms with Gasteiger partial charge < -0.3 is 24.7 Å². The van der Waals surface area contributed by atoms with Gasteiger partial charge in [0, 0.05) is 13.0 Å². The Hall–Kier alpha value is -0.690. The standard InChI is InChI=1S/C11H23NO5/c1-2-11(13)17-10-9-16-8-7-15-6-5-14-4-3-12/h2-10,12H2,1H3. The minimum Gasteiger partial charge on any atom is -0.463 e. The molecule has 17 heavy (non-hydrogen) atoms. The third-order valence-corrected chi connectivity index (χ3v) is 1.79. The average molecular weight is 249 g/mol. The van der Waals surface area contributed by atoms with E-state index >= 15 is 0 Å². The van der Waals surface area contributed by atoms with E-state index < -0.39 is 0 Å². The highest BCUT2D eigenvalue weighted by molar-refractivity contribution is 5.68. The zero-order valence-corrected chi connectivity index (χ0v) is 10.5. The highest BCUT2D eigenvalue weighted by atomic mass is 16.6. The maximum absolute atomic E-state index is 10.7. The molecule has 0 aliphatic carbocycles. The van der Waals surface area contributed by atoms with Crippen molar-refractivity contribution < 1.29 is 23.7 Å². The normalized spacial score (nSPS) is 10.5. The molecule has 0 radical (unpaired) electrons. The molecule has 0 spiro atoms. The Balaban J connectivity index is 2.96. The van der Waals surface area contributed by atoms with E-state index in [1.165, 1.54) is 0 Å². The van der Waals surface area contributed by atoms with Crippen LogP contribution in [0.5, 0.6) is 0 Å². The Morgan fingerprint density at radius 3 is 1.82 bits per heavy atom. The van der Waals surface area contributed by atoms with Gasteiger partial charge in [0.05, 0.1) is 39.6 Å².